The third kappa shape index (κ3) is 6.76. The maximum absolute atomic E-state index is 12.2. The molecule has 2 unspecified atom stereocenters. The number of piperazine rings is 1. The van der Waals surface area contributed by atoms with Gasteiger partial charge in [0.1, 0.15) is 16.3 Å². The molecule has 0 spiro atoms. The number of carbonyl (C=O) groups is 2. The van der Waals surface area contributed by atoms with E-state index in [4.69, 9.17) is 27.9 Å². The van der Waals surface area contributed by atoms with Gasteiger partial charge in [0, 0.05) is 26.2 Å². The lowest BCUT2D eigenvalue weighted by atomic mass is 10.2. The Morgan fingerprint density at radius 1 is 1.38 bits per heavy atom. The van der Waals surface area contributed by atoms with Gasteiger partial charge in [-0.2, -0.15) is 5.43 Å². The average molecular weight is 467 g/mol. The van der Waals surface area contributed by atoms with Crippen molar-refractivity contribution < 1.29 is 23.1 Å². The second-order valence-electron chi connectivity index (χ2n) is 7.18. The van der Waals surface area contributed by atoms with Gasteiger partial charge in [-0.3, -0.25) is 13.9 Å². The molecule has 0 aromatic carbocycles. The van der Waals surface area contributed by atoms with Crippen molar-refractivity contribution in [3.8, 4) is 0 Å². The lowest BCUT2D eigenvalue weighted by Gasteiger charge is -2.41. The van der Waals surface area contributed by atoms with E-state index in [9.17, 15) is 18.4 Å². The van der Waals surface area contributed by atoms with Gasteiger partial charge in [0.15, 0.2) is 0 Å². The van der Waals surface area contributed by atoms with Crippen molar-refractivity contribution in [1.82, 2.24) is 20.2 Å². The first-order chi connectivity index (χ1) is 13.5. The van der Waals surface area contributed by atoms with Crippen LogP contribution in [0.3, 0.4) is 0 Å². The van der Waals surface area contributed by atoms with Crippen LogP contribution in [0.25, 0.3) is 0 Å². The van der Waals surface area contributed by atoms with E-state index in [0.29, 0.717) is 6.41 Å². The predicted molar refractivity (Wildman–Crippen MR) is 108 cm³/mol. The summed E-state index contributed by atoms with van der Waals surface area (Å²) in [7, 11) is 0. The van der Waals surface area contributed by atoms with Crippen molar-refractivity contribution >= 4 is 52.5 Å². The van der Waals surface area contributed by atoms with Crippen LogP contribution in [0.2, 0.25) is 10.2 Å². The zero-order chi connectivity index (χ0) is 21.8. The van der Waals surface area contributed by atoms with Crippen LogP contribution in [0.4, 0.5) is 10.5 Å². The number of hydrazine groups is 1. The highest BCUT2D eigenvalue weighted by molar-refractivity contribution is 7.79. The number of nitrogens with zero attached hydrogens (tertiary/aromatic N) is 4. The van der Waals surface area contributed by atoms with Crippen LogP contribution >= 0.6 is 23.2 Å². The molecule has 0 aliphatic carbocycles. The van der Waals surface area contributed by atoms with E-state index in [2.05, 4.69) is 10.4 Å². The summed E-state index contributed by atoms with van der Waals surface area (Å²) in [5.41, 5.74) is 0.906. The van der Waals surface area contributed by atoms with Gasteiger partial charge < -0.3 is 14.2 Å². The zero-order valence-electron chi connectivity index (χ0n) is 16.1. The third-order valence-electron chi connectivity index (χ3n) is 3.90. The van der Waals surface area contributed by atoms with Crippen LogP contribution in [0.15, 0.2) is 12.3 Å². The second-order valence-corrected chi connectivity index (χ2v) is 8.94. The van der Waals surface area contributed by atoms with Crippen LogP contribution in [0.5, 0.6) is 0 Å². The second kappa shape index (κ2) is 10.0. The lowest BCUT2D eigenvalue weighted by Crippen LogP contribution is -2.60. The van der Waals surface area contributed by atoms with Crippen molar-refractivity contribution in [1.29, 1.82) is 0 Å². The van der Waals surface area contributed by atoms with Crippen molar-refractivity contribution in [2.75, 3.05) is 31.2 Å². The number of hydrogen-bond donors (Lipinski definition) is 1. The summed E-state index contributed by atoms with van der Waals surface area (Å²) in [5, 5.41) is 1.17. The van der Waals surface area contributed by atoms with Crippen LogP contribution in [-0.2, 0) is 20.6 Å². The summed E-state index contributed by atoms with van der Waals surface area (Å²) >= 11 is 9.21. The van der Waals surface area contributed by atoms with Crippen LogP contribution in [0, 0.1) is 0 Å². The molecule has 2 atom stereocenters. The first kappa shape index (κ1) is 23.8. The Bertz CT molecular complexity index is 771. The number of aromatic nitrogens is 1. The van der Waals surface area contributed by atoms with Gasteiger partial charge in [-0.25, -0.2) is 14.8 Å². The minimum absolute atomic E-state index is 0.120. The molecule has 1 saturated heterocycles. The molecule has 2 rings (SSSR count). The fourth-order valence-electron chi connectivity index (χ4n) is 2.57. The van der Waals surface area contributed by atoms with Gasteiger partial charge in [-0.15, -0.1) is 0 Å². The molecule has 1 aromatic rings. The predicted octanol–water partition coefficient (Wildman–Crippen LogP) is 1.57. The van der Waals surface area contributed by atoms with E-state index < -0.39 is 28.3 Å². The highest BCUT2D eigenvalue weighted by Gasteiger charge is 2.30. The maximum Gasteiger partial charge on any atom is 0.410 e. The van der Waals surface area contributed by atoms with E-state index in [1.165, 1.54) is 17.2 Å². The molecule has 10 nitrogen and oxygen atoms in total. The standard InChI is InChI=1S/C16H23Cl2N5O5S/c1-16(2,3)28-15(25)22-6-4-21(5-7-22)14(29(26)27)20-23(10-24)12-9-19-13(18)8-11(12)17/h8-10,14,20H,4-7H2,1-3H3,(H,26,27)/p-1. The Morgan fingerprint density at radius 2 is 2.00 bits per heavy atom. The number of amides is 2. The largest absolute Gasteiger partial charge is 0.770 e. The number of rotatable bonds is 6. The van der Waals surface area contributed by atoms with E-state index in [1.54, 1.807) is 25.7 Å². The van der Waals surface area contributed by atoms with Gasteiger partial charge in [0.05, 0.1) is 16.9 Å². The van der Waals surface area contributed by atoms with Crippen LogP contribution in [0.1, 0.15) is 20.8 Å². The summed E-state index contributed by atoms with van der Waals surface area (Å²) in [6, 6.07) is 1.33. The number of anilines is 1. The summed E-state index contributed by atoms with van der Waals surface area (Å²) in [6.45, 7) is 6.36. The van der Waals surface area contributed by atoms with Crippen molar-refractivity contribution in [2.45, 2.75) is 31.9 Å². The average Bonchev–Trinajstić information content (AvgIpc) is 2.62. The van der Waals surface area contributed by atoms with Crippen LogP contribution < -0.4 is 10.4 Å². The molecular weight excluding hydrogens is 445 g/mol. The molecule has 2 amide bonds. The molecular formula is C16H22Cl2N5O5S-. The summed E-state index contributed by atoms with van der Waals surface area (Å²) in [5.74, 6) is 0. The first-order valence-electron chi connectivity index (χ1n) is 8.63. The number of halogens is 2. The molecule has 29 heavy (non-hydrogen) atoms. The number of hydrogen-bond acceptors (Lipinski definition) is 8. The molecule has 1 aromatic heterocycles. The normalized spacial score (nSPS) is 17.5. The van der Waals surface area contributed by atoms with Gasteiger partial charge in [0.25, 0.3) is 0 Å². The fraction of sp³-hybridized carbons (Fsp3) is 0.562. The smallest absolute Gasteiger partial charge is 0.410 e. The van der Waals surface area contributed by atoms with E-state index >= 15 is 0 Å². The minimum Gasteiger partial charge on any atom is -0.770 e. The summed E-state index contributed by atoms with van der Waals surface area (Å²) in [6.07, 6.45) is 1.17. The van der Waals surface area contributed by atoms with Gasteiger partial charge >= 0.3 is 6.09 Å². The fourth-order valence-corrected chi connectivity index (χ4v) is 3.68. The molecule has 1 N–H and O–H groups in total. The number of ether oxygens (including phenoxy) is 1. The molecule has 2 heterocycles. The summed E-state index contributed by atoms with van der Waals surface area (Å²) in [4.78, 5) is 30.6. The molecule has 162 valence electrons. The molecule has 13 heteroatoms. The third-order valence-corrected chi connectivity index (χ3v) is 5.17. The Labute approximate surface area is 181 Å². The highest BCUT2D eigenvalue weighted by atomic mass is 35.5. The monoisotopic (exact) mass is 466 g/mol. The van der Waals surface area contributed by atoms with E-state index in [1.807, 2.05) is 0 Å². The lowest BCUT2D eigenvalue weighted by molar-refractivity contribution is -0.108. The van der Waals surface area contributed by atoms with Gasteiger partial charge in [-0.05, 0) is 37.9 Å². The first-order valence-corrected chi connectivity index (χ1v) is 10.5. The summed E-state index contributed by atoms with van der Waals surface area (Å²) < 4.78 is 28.9. The molecule has 1 fully saturated rings. The minimum atomic E-state index is -2.61. The van der Waals surface area contributed by atoms with Crippen molar-refractivity contribution in [2.24, 2.45) is 0 Å². The topological polar surface area (TPSA) is 118 Å². The van der Waals surface area contributed by atoms with Gasteiger partial charge in [-0.1, -0.05) is 23.2 Å². The van der Waals surface area contributed by atoms with Crippen molar-refractivity contribution in [3.63, 3.8) is 0 Å². The van der Waals surface area contributed by atoms with Gasteiger partial charge in [0.2, 0.25) is 6.41 Å². The van der Waals surface area contributed by atoms with Crippen LogP contribution in [-0.4, -0.2) is 73.3 Å². The number of nitrogens with one attached hydrogen (secondary N) is 1. The molecule has 0 saturated carbocycles. The maximum atomic E-state index is 12.2. The number of carbonyl (C=O) groups excluding carboxylic acids is 2. The molecule has 0 radical (unpaired) electrons. The number of pyridine rings is 1. The quantitative estimate of drug-likeness (QED) is 0.290. The Kier molecular flexibility index (Phi) is 8.20. The zero-order valence-corrected chi connectivity index (χ0v) is 18.5. The van der Waals surface area contributed by atoms with E-state index in [0.717, 1.165) is 5.01 Å². The van der Waals surface area contributed by atoms with E-state index in [-0.39, 0.29) is 42.0 Å². The molecule has 1 aliphatic heterocycles. The Hall–Kier alpha value is -1.50. The Balaban J connectivity index is 2.06. The SMILES string of the molecule is CC(C)(C)OC(=O)N1CCN(C(NN(C=O)c2cnc(Cl)cc2Cl)S(=O)[O-])CC1. The molecule has 0 bridgehead atoms. The van der Waals surface area contributed by atoms with Crippen molar-refractivity contribution in [3.05, 3.63) is 22.4 Å². The highest BCUT2D eigenvalue weighted by Crippen LogP contribution is 2.26. The Morgan fingerprint density at radius 3 is 2.48 bits per heavy atom. The molecule has 1 aliphatic rings.